The Bertz CT molecular complexity index is 623. The molecule has 0 aliphatic heterocycles. The fourth-order valence-corrected chi connectivity index (χ4v) is 2.34. The molecular weight excluding hydrogens is 348 g/mol. The van der Waals surface area contributed by atoms with Gasteiger partial charge in [-0.3, -0.25) is 19.2 Å². The van der Waals surface area contributed by atoms with Gasteiger partial charge in [-0.15, -0.1) is 0 Å². The van der Waals surface area contributed by atoms with E-state index in [2.05, 4.69) is 10.8 Å². The van der Waals surface area contributed by atoms with Crippen molar-refractivity contribution in [2.75, 3.05) is 6.54 Å². The van der Waals surface area contributed by atoms with Crippen molar-refractivity contribution in [2.24, 2.45) is 11.8 Å². The van der Waals surface area contributed by atoms with Gasteiger partial charge in [0, 0.05) is 6.54 Å². The molecule has 150 valence electrons. The molecule has 0 bridgehead atoms. The second kappa shape index (κ2) is 10.7. The minimum atomic E-state index is -0.917. The second-order valence-corrected chi connectivity index (χ2v) is 7.59. The van der Waals surface area contributed by atoms with Gasteiger partial charge in [0.05, 0.1) is 13.0 Å². The number of nitrogens with one attached hydrogen (secondary N) is 2. The highest BCUT2D eigenvalue weighted by atomic mass is 16.6. The van der Waals surface area contributed by atoms with Crippen molar-refractivity contribution in [3.8, 4) is 0 Å². The van der Waals surface area contributed by atoms with Crippen LogP contribution in [0.15, 0.2) is 30.3 Å². The van der Waals surface area contributed by atoms with Gasteiger partial charge < -0.3 is 10.1 Å². The SMILES string of the molecule is CC(C)C(C(=O)NCCC(=O)OC(C)(C)C)C(=O)NOCc1ccccc1. The molecule has 0 saturated heterocycles. The Morgan fingerprint density at radius 2 is 1.67 bits per heavy atom. The third-order valence-electron chi connectivity index (χ3n) is 3.53. The maximum atomic E-state index is 12.3. The zero-order valence-electron chi connectivity index (χ0n) is 16.7. The Labute approximate surface area is 160 Å². The number of hydroxylamine groups is 1. The first kappa shape index (κ1) is 22.6. The molecule has 0 aliphatic rings. The summed E-state index contributed by atoms with van der Waals surface area (Å²) < 4.78 is 5.18. The third-order valence-corrected chi connectivity index (χ3v) is 3.53. The van der Waals surface area contributed by atoms with E-state index in [9.17, 15) is 14.4 Å². The summed E-state index contributed by atoms with van der Waals surface area (Å²) in [5, 5.41) is 2.61. The zero-order chi connectivity index (χ0) is 20.4. The Hall–Kier alpha value is -2.41. The van der Waals surface area contributed by atoms with E-state index in [4.69, 9.17) is 9.57 Å². The molecule has 1 atom stereocenters. The lowest BCUT2D eigenvalue weighted by molar-refractivity contribution is -0.154. The van der Waals surface area contributed by atoms with Gasteiger partial charge in [0.25, 0.3) is 5.91 Å². The molecule has 1 rings (SSSR count). The standard InChI is InChI=1S/C20H30N2O5/c1-14(2)17(18(24)21-12-11-16(23)27-20(3,4)5)19(25)22-26-13-15-9-7-6-8-10-15/h6-10,14,17H,11-13H2,1-5H3,(H,21,24)(H,22,25). The number of hydrogen-bond donors (Lipinski definition) is 2. The first-order valence-corrected chi connectivity index (χ1v) is 9.05. The summed E-state index contributed by atoms with van der Waals surface area (Å²) in [6.45, 7) is 9.19. The fourth-order valence-electron chi connectivity index (χ4n) is 2.34. The molecule has 1 aromatic carbocycles. The molecule has 7 nitrogen and oxygen atoms in total. The summed E-state index contributed by atoms with van der Waals surface area (Å²) in [5.41, 5.74) is 2.66. The molecule has 1 unspecified atom stereocenters. The predicted octanol–water partition coefficient (Wildman–Crippen LogP) is 2.35. The number of rotatable bonds is 9. The topological polar surface area (TPSA) is 93.7 Å². The molecule has 2 N–H and O–H groups in total. The molecule has 0 fully saturated rings. The van der Waals surface area contributed by atoms with E-state index in [1.165, 1.54) is 0 Å². The van der Waals surface area contributed by atoms with Gasteiger partial charge in [0.2, 0.25) is 5.91 Å². The average Bonchev–Trinajstić information content (AvgIpc) is 2.54. The van der Waals surface area contributed by atoms with E-state index in [1.807, 2.05) is 30.3 Å². The summed E-state index contributed by atoms with van der Waals surface area (Å²) in [6, 6.07) is 9.37. The minimum absolute atomic E-state index is 0.0416. The van der Waals surface area contributed by atoms with E-state index in [1.54, 1.807) is 34.6 Å². The molecule has 0 heterocycles. The molecule has 7 heteroatoms. The number of hydrogen-bond acceptors (Lipinski definition) is 5. The van der Waals surface area contributed by atoms with Crippen LogP contribution in [0.1, 0.15) is 46.6 Å². The molecule has 0 aromatic heterocycles. The summed E-state index contributed by atoms with van der Waals surface area (Å²) in [4.78, 5) is 41.5. The smallest absolute Gasteiger partial charge is 0.308 e. The highest BCUT2D eigenvalue weighted by Crippen LogP contribution is 2.12. The van der Waals surface area contributed by atoms with Crippen LogP contribution in [0.2, 0.25) is 0 Å². The van der Waals surface area contributed by atoms with Crippen molar-refractivity contribution >= 4 is 17.8 Å². The van der Waals surface area contributed by atoms with Crippen molar-refractivity contribution in [2.45, 2.75) is 53.2 Å². The molecular formula is C20H30N2O5. The summed E-state index contributed by atoms with van der Waals surface area (Å²) in [6.07, 6.45) is 0.0416. The van der Waals surface area contributed by atoms with Gasteiger partial charge in [0.15, 0.2) is 0 Å². The van der Waals surface area contributed by atoms with E-state index < -0.39 is 29.3 Å². The van der Waals surface area contributed by atoms with E-state index >= 15 is 0 Å². The maximum absolute atomic E-state index is 12.3. The van der Waals surface area contributed by atoms with Crippen molar-refractivity contribution in [3.05, 3.63) is 35.9 Å². The molecule has 1 aromatic rings. The number of amides is 2. The van der Waals surface area contributed by atoms with Crippen LogP contribution < -0.4 is 10.8 Å². The van der Waals surface area contributed by atoms with Crippen LogP contribution in [0, 0.1) is 11.8 Å². The van der Waals surface area contributed by atoms with Crippen molar-refractivity contribution in [3.63, 3.8) is 0 Å². The highest BCUT2D eigenvalue weighted by Gasteiger charge is 2.30. The molecule has 0 aliphatic carbocycles. The van der Waals surface area contributed by atoms with E-state index in [-0.39, 0.29) is 25.5 Å². The van der Waals surface area contributed by atoms with Crippen LogP contribution in [0.3, 0.4) is 0 Å². The third kappa shape index (κ3) is 9.19. The molecule has 0 spiro atoms. The summed E-state index contributed by atoms with van der Waals surface area (Å²) in [7, 11) is 0. The average molecular weight is 378 g/mol. The lowest BCUT2D eigenvalue weighted by atomic mass is 9.94. The van der Waals surface area contributed by atoms with Crippen LogP contribution in [-0.4, -0.2) is 29.9 Å². The van der Waals surface area contributed by atoms with Crippen LogP contribution in [0.25, 0.3) is 0 Å². The largest absolute Gasteiger partial charge is 0.460 e. The zero-order valence-corrected chi connectivity index (χ0v) is 16.7. The summed E-state index contributed by atoms with van der Waals surface area (Å²) in [5.74, 6) is -2.52. The number of ether oxygens (including phenoxy) is 1. The van der Waals surface area contributed by atoms with E-state index in [0.717, 1.165) is 5.56 Å². The van der Waals surface area contributed by atoms with Crippen LogP contribution in [-0.2, 0) is 30.6 Å². The molecule has 0 radical (unpaired) electrons. The Morgan fingerprint density at radius 1 is 1.04 bits per heavy atom. The van der Waals surface area contributed by atoms with Crippen LogP contribution >= 0.6 is 0 Å². The van der Waals surface area contributed by atoms with E-state index in [0.29, 0.717) is 0 Å². The molecule has 0 saturated carbocycles. The monoisotopic (exact) mass is 378 g/mol. The fraction of sp³-hybridized carbons (Fsp3) is 0.550. The molecule has 27 heavy (non-hydrogen) atoms. The number of benzene rings is 1. The van der Waals surface area contributed by atoms with Crippen LogP contribution in [0.5, 0.6) is 0 Å². The molecule has 2 amide bonds. The first-order valence-electron chi connectivity index (χ1n) is 9.05. The number of esters is 1. The first-order chi connectivity index (χ1) is 12.6. The van der Waals surface area contributed by atoms with Gasteiger partial charge >= 0.3 is 5.97 Å². The van der Waals surface area contributed by atoms with Gasteiger partial charge in [-0.05, 0) is 32.3 Å². The second-order valence-electron chi connectivity index (χ2n) is 7.59. The van der Waals surface area contributed by atoms with Crippen molar-refractivity contribution < 1.29 is 24.0 Å². The normalized spacial score (nSPS) is 12.4. The van der Waals surface area contributed by atoms with Gasteiger partial charge in [-0.25, -0.2) is 5.48 Å². The Kier molecular flexibility index (Phi) is 8.94. The Morgan fingerprint density at radius 3 is 2.22 bits per heavy atom. The van der Waals surface area contributed by atoms with Gasteiger partial charge in [-0.2, -0.15) is 0 Å². The van der Waals surface area contributed by atoms with Crippen LogP contribution in [0.4, 0.5) is 0 Å². The number of carbonyl (C=O) groups is 3. The van der Waals surface area contributed by atoms with Crippen molar-refractivity contribution in [1.82, 2.24) is 10.8 Å². The lowest BCUT2D eigenvalue weighted by Gasteiger charge is -2.21. The predicted molar refractivity (Wildman–Crippen MR) is 101 cm³/mol. The Balaban J connectivity index is 2.45. The lowest BCUT2D eigenvalue weighted by Crippen LogP contribution is -2.44. The maximum Gasteiger partial charge on any atom is 0.308 e. The minimum Gasteiger partial charge on any atom is -0.460 e. The number of carbonyl (C=O) groups excluding carboxylic acids is 3. The quantitative estimate of drug-likeness (QED) is 0.391. The highest BCUT2D eigenvalue weighted by molar-refractivity contribution is 6.00. The van der Waals surface area contributed by atoms with Crippen molar-refractivity contribution in [1.29, 1.82) is 0 Å². The summed E-state index contributed by atoms with van der Waals surface area (Å²) >= 11 is 0. The van der Waals surface area contributed by atoms with Gasteiger partial charge in [0.1, 0.15) is 11.5 Å². The van der Waals surface area contributed by atoms with Gasteiger partial charge in [-0.1, -0.05) is 44.2 Å².